The van der Waals surface area contributed by atoms with E-state index in [0.29, 0.717) is 17.4 Å². The Bertz CT molecular complexity index is 286. The Balaban J connectivity index is 2.69. The Morgan fingerprint density at radius 2 is 2.00 bits per heavy atom. The molecule has 0 saturated carbocycles. The van der Waals surface area contributed by atoms with E-state index in [2.05, 4.69) is 16.0 Å². The molecule has 1 aromatic carbocycles. The third-order valence-corrected chi connectivity index (χ3v) is 1.50. The molecule has 4 nitrogen and oxygen atoms in total. The number of nitrogens with one attached hydrogen (secondary N) is 2. The van der Waals surface area contributed by atoms with E-state index in [9.17, 15) is 4.91 Å². The van der Waals surface area contributed by atoms with E-state index < -0.39 is 0 Å². The van der Waals surface area contributed by atoms with Crippen LogP contribution in [0.2, 0.25) is 0 Å². The number of para-hydroxylation sites is 1. The van der Waals surface area contributed by atoms with E-state index >= 15 is 0 Å². The number of nitrogens with zero attached hydrogens (tertiary/aromatic N) is 1. The molecule has 1 rings (SSSR count). The minimum atomic E-state index is 0.305. The van der Waals surface area contributed by atoms with Crippen LogP contribution in [0.5, 0.6) is 0 Å². The number of rotatable bonds is 4. The minimum absolute atomic E-state index is 0.305. The molecule has 0 heterocycles. The molecule has 0 atom stereocenters. The summed E-state index contributed by atoms with van der Waals surface area (Å²) in [6, 6.07) is 7.39. The molecule has 0 spiro atoms. The number of nitroso groups, excluding NO2 is 1. The Kier molecular flexibility index (Phi) is 3.40. The lowest BCUT2D eigenvalue weighted by Crippen LogP contribution is -2.28. The number of hydrazine groups is 1. The quantitative estimate of drug-likeness (QED) is 0.551. The van der Waals surface area contributed by atoms with Gasteiger partial charge in [-0.25, -0.2) is 5.43 Å². The summed E-state index contributed by atoms with van der Waals surface area (Å²) in [6.45, 7) is 4.01. The average molecular weight is 179 g/mol. The minimum Gasteiger partial charge on any atom is -0.319 e. The van der Waals surface area contributed by atoms with Crippen molar-refractivity contribution in [3.63, 3.8) is 0 Å². The summed E-state index contributed by atoms with van der Waals surface area (Å²) < 4.78 is 0. The van der Waals surface area contributed by atoms with Gasteiger partial charge in [-0.3, -0.25) is 0 Å². The second-order valence-electron chi connectivity index (χ2n) is 3.03. The molecule has 0 bridgehead atoms. The highest BCUT2D eigenvalue weighted by atomic mass is 16.3. The lowest BCUT2D eigenvalue weighted by atomic mass is 10.3. The predicted octanol–water partition coefficient (Wildman–Crippen LogP) is 2.41. The summed E-state index contributed by atoms with van der Waals surface area (Å²) in [5, 5.41) is 2.90. The highest BCUT2D eigenvalue weighted by Gasteiger charge is 2.00. The van der Waals surface area contributed by atoms with Gasteiger partial charge in [0.15, 0.2) is 0 Å². The van der Waals surface area contributed by atoms with Gasteiger partial charge in [-0.1, -0.05) is 12.1 Å². The van der Waals surface area contributed by atoms with Crippen LogP contribution in [0.4, 0.5) is 11.4 Å². The second-order valence-corrected chi connectivity index (χ2v) is 3.03. The molecule has 13 heavy (non-hydrogen) atoms. The summed E-state index contributed by atoms with van der Waals surface area (Å²) in [5.74, 6) is 0. The lowest BCUT2D eigenvalue weighted by molar-refractivity contribution is 0.660. The molecule has 0 radical (unpaired) electrons. The van der Waals surface area contributed by atoms with Crippen LogP contribution >= 0.6 is 0 Å². The number of hydrogen-bond acceptors (Lipinski definition) is 4. The molecule has 4 heteroatoms. The first kappa shape index (κ1) is 9.67. The van der Waals surface area contributed by atoms with Gasteiger partial charge in [0, 0.05) is 6.04 Å². The first-order valence-corrected chi connectivity index (χ1v) is 4.18. The monoisotopic (exact) mass is 179 g/mol. The van der Waals surface area contributed by atoms with Crippen LogP contribution in [0, 0.1) is 4.91 Å². The van der Waals surface area contributed by atoms with E-state index in [4.69, 9.17) is 0 Å². The van der Waals surface area contributed by atoms with Crippen molar-refractivity contribution in [2.75, 3.05) is 5.43 Å². The van der Waals surface area contributed by atoms with Gasteiger partial charge in [0.1, 0.15) is 5.69 Å². The highest BCUT2D eigenvalue weighted by Crippen LogP contribution is 2.22. The largest absolute Gasteiger partial charge is 0.319 e. The zero-order chi connectivity index (χ0) is 9.68. The van der Waals surface area contributed by atoms with Gasteiger partial charge in [0.05, 0.1) is 5.69 Å². The summed E-state index contributed by atoms with van der Waals surface area (Å²) in [7, 11) is 0. The fourth-order valence-electron chi connectivity index (χ4n) is 0.881. The molecular formula is C9H13N3O. The Morgan fingerprint density at radius 3 is 2.62 bits per heavy atom. The van der Waals surface area contributed by atoms with Crippen molar-refractivity contribution < 1.29 is 0 Å². The predicted molar refractivity (Wildman–Crippen MR) is 53.8 cm³/mol. The molecule has 2 N–H and O–H groups in total. The summed E-state index contributed by atoms with van der Waals surface area (Å²) >= 11 is 0. The molecule has 0 aliphatic carbocycles. The lowest BCUT2D eigenvalue weighted by Gasteiger charge is -2.11. The number of anilines is 1. The molecule has 1 aromatic rings. The topological polar surface area (TPSA) is 53.5 Å². The van der Waals surface area contributed by atoms with Crippen molar-refractivity contribution in [2.24, 2.45) is 5.18 Å². The van der Waals surface area contributed by atoms with Gasteiger partial charge in [-0.05, 0) is 31.2 Å². The molecule has 0 aromatic heterocycles. The molecule has 0 aliphatic rings. The fraction of sp³-hybridized carbons (Fsp3) is 0.333. The normalized spacial score (nSPS) is 10.1. The van der Waals surface area contributed by atoms with Gasteiger partial charge in [0.25, 0.3) is 0 Å². The van der Waals surface area contributed by atoms with E-state index in [1.165, 1.54) is 0 Å². The van der Waals surface area contributed by atoms with Crippen LogP contribution in [0.3, 0.4) is 0 Å². The zero-order valence-corrected chi connectivity index (χ0v) is 7.74. The van der Waals surface area contributed by atoms with Gasteiger partial charge >= 0.3 is 0 Å². The Hall–Kier alpha value is -1.42. The summed E-state index contributed by atoms with van der Waals surface area (Å²) in [4.78, 5) is 10.4. The highest BCUT2D eigenvalue weighted by molar-refractivity contribution is 5.64. The molecule has 0 aliphatic heterocycles. The third kappa shape index (κ3) is 2.83. The molecule has 0 fully saturated rings. The number of benzene rings is 1. The van der Waals surface area contributed by atoms with E-state index in [1.54, 1.807) is 18.2 Å². The van der Waals surface area contributed by atoms with E-state index in [0.717, 1.165) is 0 Å². The van der Waals surface area contributed by atoms with Crippen molar-refractivity contribution in [1.29, 1.82) is 0 Å². The van der Waals surface area contributed by atoms with Crippen LogP contribution in [-0.4, -0.2) is 6.04 Å². The summed E-state index contributed by atoms with van der Waals surface area (Å²) in [6.07, 6.45) is 0. The van der Waals surface area contributed by atoms with Gasteiger partial charge in [0.2, 0.25) is 0 Å². The molecule has 0 saturated heterocycles. The van der Waals surface area contributed by atoms with Crippen LogP contribution in [0.25, 0.3) is 0 Å². The third-order valence-electron chi connectivity index (χ3n) is 1.50. The maximum Gasteiger partial charge on any atom is 0.132 e. The van der Waals surface area contributed by atoms with Crippen LogP contribution in [-0.2, 0) is 0 Å². The Labute approximate surface area is 77.3 Å². The van der Waals surface area contributed by atoms with Crippen molar-refractivity contribution in [2.45, 2.75) is 19.9 Å². The molecule has 0 amide bonds. The van der Waals surface area contributed by atoms with E-state index in [-0.39, 0.29) is 0 Å². The first-order valence-electron chi connectivity index (χ1n) is 4.18. The summed E-state index contributed by atoms with van der Waals surface area (Å²) in [5.41, 5.74) is 7.02. The SMILES string of the molecule is CC(C)NNc1ccccc1N=O. The van der Waals surface area contributed by atoms with Gasteiger partial charge in [-0.15, -0.1) is 4.91 Å². The van der Waals surface area contributed by atoms with Crippen LogP contribution in [0.15, 0.2) is 29.4 Å². The molecule has 70 valence electrons. The van der Waals surface area contributed by atoms with Crippen molar-refractivity contribution >= 4 is 11.4 Å². The van der Waals surface area contributed by atoms with Crippen molar-refractivity contribution in [1.82, 2.24) is 5.43 Å². The number of hydrogen-bond donors (Lipinski definition) is 2. The van der Waals surface area contributed by atoms with Crippen molar-refractivity contribution in [3.8, 4) is 0 Å². The maximum absolute atomic E-state index is 10.4. The van der Waals surface area contributed by atoms with E-state index in [1.807, 2.05) is 19.9 Å². The van der Waals surface area contributed by atoms with Gasteiger partial charge in [-0.2, -0.15) is 0 Å². The smallest absolute Gasteiger partial charge is 0.132 e. The van der Waals surface area contributed by atoms with Crippen LogP contribution in [0.1, 0.15) is 13.8 Å². The first-order chi connectivity index (χ1) is 6.24. The fourth-order valence-corrected chi connectivity index (χ4v) is 0.881. The maximum atomic E-state index is 10.4. The van der Waals surface area contributed by atoms with Crippen molar-refractivity contribution in [3.05, 3.63) is 29.2 Å². The zero-order valence-electron chi connectivity index (χ0n) is 7.74. The second kappa shape index (κ2) is 4.57. The Morgan fingerprint density at radius 1 is 1.31 bits per heavy atom. The molecular weight excluding hydrogens is 166 g/mol. The standard InChI is InChI=1S/C9H13N3O/c1-7(2)10-11-8-5-3-4-6-9(8)12-13/h3-7,10-11H,1-2H3. The molecule has 0 unspecified atom stereocenters. The average Bonchev–Trinajstić information content (AvgIpc) is 2.15. The van der Waals surface area contributed by atoms with Crippen LogP contribution < -0.4 is 10.9 Å². The van der Waals surface area contributed by atoms with Gasteiger partial charge < -0.3 is 5.43 Å².